The fraction of sp³-hybridized carbons (Fsp3) is 0. The zero-order valence-corrected chi connectivity index (χ0v) is 8.28. The predicted octanol–water partition coefficient (Wildman–Crippen LogP) is 1.79. The van der Waals surface area contributed by atoms with Crippen LogP contribution in [-0.4, -0.2) is 11.1 Å². The Hall–Kier alpha value is -1.29. The van der Waals surface area contributed by atoms with Gasteiger partial charge in [0.25, 0.3) is 0 Å². The molecule has 3 N–H and O–H groups in total. The first-order valence-electron chi connectivity index (χ1n) is 3.57. The van der Waals surface area contributed by atoms with Gasteiger partial charge < -0.3 is 10.8 Å². The maximum Gasteiger partial charge on any atom is 0.352 e. The van der Waals surface area contributed by atoms with Gasteiger partial charge >= 0.3 is 5.97 Å². The minimum absolute atomic E-state index is 0.189. The largest absolute Gasteiger partial charge is 0.477 e. The molecule has 0 saturated heterocycles. The van der Waals surface area contributed by atoms with Crippen molar-refractivity contribution in [3.8, 4) is 0 Å². The van der Waals surface area contributed by atoms with Crippen molar-refractivity contribution < 1.29 is 9.90 Å². The molecule has 0 fully saturated rings. The van der Waals surface area contributed by atoms with E-state index in [1.807, 2.05) is 18.2 Å². The van der Waals surface area contributed by atoms with E-state index >= 15 is 0 Å². The van der Waals surface area contributed by atoms with Crippen molar-refractivity contribution >= 4 is 26.4 Å². The average molecular weight is 242 g/mol. The molecule has 1 aromatic rings. The molecule has 0 aliphatic heterocycles. The maximum absolute atomic E-state index is 10.5. The van der Waals surface area contributed by atoms with Crippen LogP contribution in [0, 0.1) is 0 Å². The van der Waals surface area contributed by atoms with Crippen LogP contribution >= 0.6 is 15.9 Å². The van der Waals surface area contributed by atoms with Crippen LogP contribution in [0.2, 0.25) is 0 Å². The van der Waals surface area contributed by atoms with Gasteiger partial charge in [-0.3, -0.25) is 0 Å². The first-order chi connectivity index (χ1) is 6.13. The minimum atomic E-state index is -1.13. The molecule has 0 aliphatic rings. The highest BCUT2D eigenvalue weighted by atomic mass is 79.9. The van der Waals surface area contributed by atoms with Crippen LogP contribution < -0.4 is 5.73 Å². The SMILES string of the molecule is NC(C(=O)O)=C(Br)c1ccccc1. The summed E-state index contributed by atoms with van der Waals surface area (Å²) in [5.74, 6) is -1.13. The monoisotopic (exact) mass is 241 g/mol. The number of carbonyl (C=O) groups is 1. The molecule has 0 unspecified atom stereocenters. The Morgan fingerprint density at radius 1 is 1.31 bits per heavy atom. The highest BCUT2D eigenvalue weighted by Gasteiger charge is 2.08. The summed E-state index contributed by atoms with van der Waals surface area (Å²) in [5, 5.41) is 8.60. The van der Waals surface area contributed by atoms with E-state index in [4.69, 9.17) is 10.8 Å². The lowest BCUT2D eigenvalue weighted by atomic mass is 10.2. The van der Waals surface area contributed by atoms with Crippen LogP contribution in [-0.2, 0) is 4.79 Å². The van der Waals surface area contributed by atoms with Crippen molar-refractivity contribution in [3.63, 3.8) is 0 Å². The van der Waals surface area contributed by atoms with E-state index in [0.717, 1.165) is 5.56 Å². The van der Waals surface area contributed by atoms with Crippen molar-refractivity contribution in [2.75, 3.05) is 0 Å². The Kier molecular flexibility index (Phi) is 3.08. The molecule has 0 heterocycles. The van der Waals surface area contributed by atoms with Gasteiger partial charge in [-0.2, -0.15) is 0 Å². The van der Waals surface area contributed by atoms with Crippen LogP contribution in [0.1, 0.15) is 5.56 Å². The van der Waals surface area contributed by atoms with Crippen LogP contribution in [0.25, 0.3) is 4.48 Å². The minimum Gasteiger partial charge on any atom is -0.477 e. The number of carboxylic acid groups (broad SMARTS) is 1. The van der Waals surface area contributed by atoms with Crippen LogP contribution in [0.4, 0.5) is 0 Å². The molecule has 0 bridgehead atoms. The molecule has 1 aromatic carbocycles. The average Bonchev–Trinajstić information content (AvgIpc) is 2.17. The number of carboxylic acids is 1. The number of nitrogens with two attached hydrogens (primary N) is 1. The third-order valence-electron chi connectivity index (χ3n) is 1.49. The van der Waals surface area contributed by atoms with Gasteiger partial charge in [0.15, 0.2) is 0 Å². The van der Waals surface area contributed by atoms with Crippen LogP contribution in [0.3, 0.4) is 0 Å². The highest BCUT2D eigenvalue weighted by Crippen LogP contribution is 2.22. The van der Waals surface area contributed by atoms with Crippen molar-refractivity contribution in [2.45, 2.75) is 0 Å². The molecule has 0 radical (unpaired) electrons. The Labute approximate surface area is 84.0 Å². The second-order valence-electron chi connectivity index (χ2n) is 2.40. The molecule has 0 aromatic heterocycles. The van der Waals surface area contributed by atoms with E-state index in [-0.39, 0.29) is 5.70 Å². The molecule has 68 valence electrons. The Bertz CT molecular complexity index is 346. The summed E-state index contributed by atoms with van der Waals surface area (Å²) in [7, 11) is 0. The topological polar surface area (TPSA) is 63.3 Å². The summed E-state index contributed by atoms with van der Waals surface area (Å²) in [5.41, 5.74) is 5.89. The van der Waals surface area contributed by atoms with Gasteiger partial charge in [-0.1, -0.05) is 30.3 Å². The van der Waals surface area contributed by atoms with E-state index in [1.54, 1.807) is 12.1 Å². The van der Waals surface area contributed by atoms with Gasteiger partial charge in [0.05, 0.1) is 4.48 Å². The van der Waals surface area contributed by atoms with Gasteiger partial charge in [0.1, 0.15) is 5.70 Å². The van der Waals surface area contributed by atoms with Crippen molar-refractivity contribution in [3.05, 3.63) is 41.6 Å². The van der Waals surface area contributed by atoms with Gasteiger partial charge in [-0.15, -0.1) is 0 Å². The Morgan fingerprint density at radius 2 is 1.85 bits per heavy atom. The summed E-state index contributed by atoms with van der Waals surface area (Å²) in [6, 6.07) is 9.03. The van der Waals surface area contributed by atoms with E-state index in [9.17, 15) is 4.79 Å². The first kappa shape index (κ1) is 9.80. The molecular weight excluding hydrogens is 234 g/mol. The summed E-state index contributed by atoms with van der Waals surface area (Å²) >= 11 is 3.13. The van der Waals surface area contributed by atoms with Gasteiger partial charge in [0.2, 0.25) is 0 Å². The van der Waals surface area contributed by atoms with Crippen molar-refractivity contribution in [2.24, 2.45) is 5.73 Å². The van der Waals surface area contributed by atoms with Gasteiger partial charge in [0, 0.05) is 0 Å². The number of halogens is 1. The van der Waals surface area contributed by atoms with Crippen molar-refractivity contribution in [1.82, 2.24) is 0 Å². The lowest BCUT2D eigenvalue weighted by Gasteiger charge is -2.01. The van der Waals surface area contributed by atoms with E-state index in [1.165, 1.54) is 0 Å². The van der Waals surface area contributed by atoms with E-state index in [2.05, 4.69) is 15.9 Å². The molecule has 0 atom stereocenters. The van der Waals surface area contributed by atoms with Gasteiger partial charge in [-0.05, 0) is 21.5 Å². The fourth-order valence-electron chi connectivity index (χ4n) is 0.834. The molecule has 0 saturated carbocycles. The number of aliphatic carboxylic acids is 1. The van der Waals surface area contributed by atoms with Crippen molar-refractivity contribution in [1.29, 1.82) is 0 Å². The predicted molar refractivity (Wildman–Crippen MR) is 54.1 cm³/mol. The van der Waals surface area contributed by atoms with E-state index in [0.29, 0.717) is 4.48 Å². The maximum atomic E-state index is 10.5. The Morgan fingerprint density at radius 3 is 2.31 bits per heavy atom. The smallest absolute Gasteiger partial charge is 0.352 e. The zero-order chi connectivity index (χ0) is 9.84. The Balaban J connectivity index is 3.11. The highest BCUT2D eigenvalue weighted by molar-refractivity contribution is 9.15. The summed E-state index contributed by atoms with van der Waals surface area (Å²) in [6.07, 6.45) is 0. The van der Waals surface area contributed by atoms with Gasteiger partial charge in [-0.25, -0.2) is 4.79 Å². The third kappa shape index (κ3) is 2.32. The molecule has 3 nitrogen and oxygen atoms in total. The van der Waals surface area contributed by atoms with Crippen LogP contribution in [0.15, 0.2) is 36.0 Å². The molecule has 1 rings (SSSR count). The number of hydrogen-bond donors (Lipinski definition) is 2. The van der Waals surface area contributed by atoms with E-state index < -0.39 is 5.97 Å². The quantitative estimate of drug-likeness (QED) is 0.777. The lowest BCUT2D eigenvalue weighted by Crippen LogP contribution is -2.11. The second-order valence-corrected chi connectivity index (χ2v) is 3.19. The molecule has 0 amide bonds. The first-order valence-corrected chi connectivity index (χ1v) is 4.36. The molecular formula is C9H8BrNO2. The number of hydrogen-bond acceptors (Lipinski definition) is 2. The summed E-state index contributed by atoms with van der Waals surface area (Å²) in [6.45, 7) is 0. The standard InChI is InChI=1S/C9H8BrNO2/c10-7(8(11)9(12)13)6-4-2-1-3-5-6/h1-5H,11H2,(H,12,13). The number of benzene rings is 1. The molecule has 0 spiro atoms. The molecule has 0 aliphatic carbocycles. The third-order valence-corrected chi connectivity index (χ3v) is 2.38. The normalized spacial score (nSPS) is 12.1. The fourth-order valence-corrected chi connectivity index (χ4v) is 1.27. The zero-order valence-electron chi connectivity index (χ0n) is 6.70. The molecule has 4 heteroatoms. The molecule has 13 heavy (non-hydrogen) atoms. The number of rotatable bonds is 2. The van der Waals surface area contributed by atoms with Crippen LogP contribution in [0.5, 0.6) is 0 Å². The second kappa shape index (κ2) is 4.09. The summed E-state index contributed by atoms with van der Waals surface area (Å²) < 4.78 is 0.403. The summed E-state index contributed by atoms with van der Waals surface area (Å²) in [4.78, 5) is 10.5. The lowest BCUT2D eigenvalue weighted by molar-refractivity contribution is -0.132.